The maximum Gasteiger partial charge on any atom is 0.339 e. The fourth-order valence-corrected chi connectivity index (χ4v) is 2.33. The van der Waals surface area contributed by atoms with Crippen molar-refractivity contribution in [3.8, 4) is 0 Å². The summed E-state index contributed by atoms with van der Waals surface area (Å²) in [7, 11) is 0. The normalized spacial score (nSPS) is 12.1. The van der Waals surface area contributed by atoms with Crippen molar-refractivity contribution < 1.29 is 14.3 Å². The molecule has 0 radical (unpaired) electrons. The summed E-state index contributed by atoms with van der Waals surface area (Å²) >= 11 is 1.61. The van der Waals surface area contributed by atoms with E-state index >= 15 is 0 Å². The van der Waals surface area contributed by atoms with Crippen LogP contribution < -0.4 is 0 Å². The lowest BCUT2D eigenvalue weighted by Gasteiger charge is -2.16. The van der Waals surface area contributed by atoms with E-state index in [4.69, 9.17) is 9.47 Å². The smallest absolute Gasteiger partial charge is 0.339 e. The van der Waals surface area contributed by atoms with Crippen LogP contribution >= 0.6 is 11.3 Å². The van der Waals surface area contributed by atoms with Crippen molar-refractivity contribution in [3.05, 3.63) is 58.3 Å². The average Bonchev–Trinajstić information content (AvgIpc) is 2.94. The van der Waals surface area contributed by atoms with E-state index in [0.717, 1.165) is 10.4 Å². The highest BCUT2D eigenvalue weighted by Crippen LogP contribution is 2.22. The maximum atomic E-state index is 12.0. The van der Waals surface area contributed by atoms with Gasteiger partial charge in [0.05, 0.1) is 13.2 Å². The molecule has 2 rings (SSSR count). The van der Waals surface area contributed by atoms with Gasteiger partial charge in [-0.2, -0.15) is 0 Å². The van der Waals surface area contributed by atoms with Gasteiger partial charge in [0, 0.05) is 4.88 Å². The number of ether oxygens (including phenoxy) is 2. The molecule has 0 saturated carbocycles. The number of rotatable bonds is 6. The van der Waals surface area contributed by atoms with Crippen LogP contribution in [0.3, 0.4) is 0 Å². The highest BCUT2D eigenvalue weighted by atomic mass is 32.1. The summed E-state index contributed by atoms with van der Waals surface area (Å²) in [6.45, 7) is 2.56. The van der Waals surface area contributed by atoms with Crippen molar-refractivity contribution in [2.24, 2.45) is 0 Å². The van der Waals surface area contributed by atoms with Crippen molar-refractivity contribution >= 4 is 17.3 Å². The molecule has 0 amide bonds. The average molecular weight is 276 g/mol. The Hall–Kier alpha value is -1.65. The molecule has 0 aliphatic rings. The highest BCUT2D eigenvalue weighted by Gasteiger charge is 2.22. The van der Waals surface area contributed by atoms with Crippen molar-refractivity contribution in [2.45, 2.75) is 19.6 Å². The third-order valence-electron chi connectivity index (χ3n) is 2.58. The van der Waals surface area contributed by atoms with Gasteiger partial charge in [0.25, 0.3) is 0 Å². The highest BCUT2D eigenvalue weighted by molar-refractivity contribution is 7.09. The topological polar surface area (TPSA) is 35.5 Å². The monoisotopic (exact) mass is 276 g/mol. The molecule has 19 heavy (non-hydrogen) atoms. The molecule has 1 unspecified atom stereocenters. The van der Waals surface area contributed by atoms with E-state index in [1.807, 2.05) is 47.8 Å². The summed E-state index contributed by atoms with van der Waals surface area (Å²) in [5.41, 5.74) is 0.817. The maximum absolute atomic E-state index is 12.0. The third kappa shape index (κ3) is 3.91. The number of esters is 1. The predicted molar refractivity (Wildman–Crippen MR) is 74.9 cm³/mol. The fourth-order valence-electron chi connectivity index (χ4n) is 1.71. The third-order valence-corrected chi connectivity index (χ3v) is 3.43. The van der Waals surface area contributed by atoms with E-state index in [2.05, 4.69) is 0 Å². The molecule has 100 valence electrons. The Morgan fingerprint density at radius 3 is 2.63 bits per heavy atom. The summed E-state index contributed by atoms with van der Waals surface area (Å²) in [6.07, 6.45) is -0.664. The second kappa shape index (κ2) is 7.07. The first kappa shape index (κ1) is 13.8. The van der Waals surface area contributed by atoms with E-state index in [9.17, 15) is 4.79 Å². The molecule has 1 aromatic carbocycles. The van der Waals surface area contributed by atoms with Gasteiger partial charge in [-0.15, -0.1) is 11.3 Å². The van der Waals surface area contributed by atoms with Gasteiger partial charge in [-0.1, -0.05) is 36.4 Å². The van der Waals surface area contributed by atoms with Crippen LogP contribution in [-0.2, 0) is 20.9 Å². The van der Waals surface area contributed by atoms with Crippen molar-refractivity contribution in [1.29, 1.82) is 0 Å². The molecule has 1 heterocycles. The molecule has 4 heteroatoms. The van der Waals surface area contributed by atoms with Gasteiger partial charge in [0.2, 0.25) is 0 Å². The number of carbonyl (C=O) groups is 1. The van der Waals surface area contributed by atoms with Crippen molar-refractivity contribution in [1.82, 2.24) is 0 Å². The lowest BCUT2D eigenvalue weighted by Crippen LogP contribution is -2.18. The van der Waals surface area contributed by atoms with Gasteiger partial charge in [-0.05, 0) is 23.9 Å². The summed E-state index contributed by atoms with van der Waals surface area (Å²) in [4.78, 5) is 13.0. The van der Waals surface area contributed by atoms with Gasteiger partial charge < -0.3 is 9.47 Å². The Kier molecular flexibility index (Phi) is 5.12. The van der Waals surface area contributed by atoms with Crippen molar-refractivity contribution in [2.75, 3.05) is 6.61 Å². The Labute approximate surface area is 116 Å². The van der Waals surface area contributed by atoms with E-state index in [1.165, 1.54) is 0 Å². The molecule has 1 aromatic heterocycles. The molecule has 0 fully saturated rings. The molecule has 0 aliphatic heterocycles. The zero-order valence-electron chi connectivity index (χ0n) is 10.7. The quantitative estimate of drug-likeness (QED) is 0.757. The summed E-state index contributed by atoms with van der Waals surface area (Å²) in [6, 6.07) is 13.4. The molecular weight excluding hydrogens is 260 g/mol. The minimum absolute atomic E-state index is 0.342. The van der Waals surface area contributed by atoms with Crippen molar-refractivity contribution in [3.63, 3.8) is 0 Å². The van der Waals surface area contributed by atoms with Crippen LogP contribution in [0.4, 0.5) is 0 Å². The molecule has 0 N–H and O–H groups in total. The van der Waals surface area contributed by atoms with E-state index in [1.54, 1.807) is 18.3 Å². The second-order valence-electron chi connectivity index (χ2n) is 3.93. The zero-order valence-corrected chi connectivity index (χ0v) is 11.6. The van der Waals surface area contributed by atoms with Crippen LogP contribution in [0.15, 0.2) is 47.8 Å². The summed E-state index contributed by atoms with van der Waals surface area (Å²) < 4.78 is 10.8. The molecular formula is C15H16O3S. The first-order valence-corrected chi connectivity index (χ1v) is 7.04. The van der Waals surface area contributed by atoms with Gasteiger partial charge >= 0.3 is 5.97 Å². The number of carbonyl (C=O) groups excluding carboxylic acids is 1. The number of hydrogen-bond acceptors (Lipinski definition) is 4. The largest absolute Gasteiger partial charge is 0.464 e. The van der Waals surface area contributed by atoms with Crippen LogP contribution in [0, 0.1) is 0 Å². The van der Waals surface area contributed by atoms with Gasteiger partial charge in [-0.25, -0.2) is 4.79 Å². The van der Waals surface area contributed by atoms with Crippen LogP contribution in [-0.4, -0.2) is 12.6 Å². The van der Waals surface area contributed by atoms with Crippen LogP contribution in [0.1, 0.15) is 23.5 Å². The minimum atomic E-state index is -0.664. The van der Waals surface area contributed by atoms with Gasteiger partial charge in [0.1, 0.15) is 0 Å². The summed E-state index contributed by atoms with van der Waals surface area (Å²) in [5.74, 6) is -0.342. The number of thiophene rings is 1. The first-order valence-electron chi connectivity index (χ1n) is 6.17. The zero-order chi connectivity index (χ0) is 13.5. The predicted octanol–water partition coefficient (Wildman–Crippen LogP) is 3.57. The minimum Gasteiger partial charge on any atom is -0.464 e. The van der Waals surface area contributed by atoms with Crippen LogP contribution in [0.25, 0.3) is 0 Å². The number of benzene rings is 1. The Morgan fingerprint density at radius 1 is 1.21 bits per heavy atom. The Bertz CT molecular complexity index is 493. The number of hydrogen-bond donors (Lipinski definition) is 0. The van der Waals surface area contributed by atoms with Gasteiger partial charge in [0.15, 0.2) is 6.10 Å². The molecule has 0 bridgehead atoms. The molecule has 2 aromatic rings. The van der Waals surface area contributed by atoms with Gasteiger partial charge in [-0.3, -0.25) is 0 Å². The first-order chi connectivity index (χ1) is 9.31. The van der Waals surface area contributed by atoms with E-state index < -0.39 is 6.10 Å². The fraction of sp³-hybridized carbons (Fsp3) is 0.267. The molecule has 0 aliphatic carbocycles. The molecule has 3 nitrogen and oxygen atoms in total. The van der Waals surface area contributed by atoms with Crippen LogP contribution in [0.2, 0.25) is 0 Å². The second-order valence-corrected chi connectivity index (χ2v) is 4.97. The Balaban J connectivity index is 2.08. The summed E-state index contributed by atoms with van der Waals surface area (Å²) in [5, 5.41) is 1.99. The lowest BCUT2D eigenvalue weighted by molar-refractivity contribution is -0.158. The van der Waals surface area contributed by atoms with E-state index in [-0.39, 0.29) is 5.97 Å². The SMILES string of the molecule is CCOC(=O)C(OCc1cccs1)c1ccccc1. The van der Waals surface area contributed by atoms with E-state index in [0.29, 0.717) is 13.2 Å². The molecule has 0 saturated heterocycles. The molecule has 1 atom stereocenters. The van der Waals surface area contributed by atoms with Crippen LogP contribution in [0.5, 0.6) is 0 Å². The standard InChI is InChI=1S/C15H16O3S/c1-2-17-15(16)14(12-7-4-3-5-8-12)18-11-13-9-6-10-19-13/h3-10,14H,2,11H2,1H3. The lowest BCUT2D eigenvalue weighted by atomic mass is 10.1. The Morgan fingerprint density at radius 2 is 2.00 bits per heavy atom. The molecule has 0 spiro atoms.